The average molecular weight is 297 g/mol. The second-order valence-electron chi connectivity index (χ2n) is 6.48. The van der Waals surface area contributed by atoms with Crippen molar-refractivity contribution in [2.24, 2.45) is 0 Å². The maximum absolute atomic E-state index is 5.30. The number of aryl methyl sites for hydroxylation is 1. The van der Waals surface area contributed by atoms with Crippen LogP contribution in [0.15, 0.2) is 30.3 Å². The van der Waals surface area contributed by atoms with Gasteiger partial charge >= 0.3 is 0 Å². The van der Waals surface area contributed by atoms with E-state index < -0.39 is 0 Å². The molecule has 0 amide bonds. The third kappa shape index (κ3) is 2.86. The van der Waals surface area contributed by atoms with Crippen LogP contribution >= 0.6 is 0 Å². The Labute approximate surface area is 131 Å². The Morgan fingerprint density at radius 2 is 1.91 bits per heavy atom. The number of hydrogen-bond acceptors (Lipinski definition) is 4. The van der Waals surface area contributed by atoms with Gasteiger partial charge in [-0.05, 0) is 30.7 Å². The van der Waals surface area contributed by atoms with Crippen molar-refractivity contribution >= 4 is 10.9 Å². The smallest absolute Gasteiger partial charge is 0.0705 e. The first-order chi connectivity index (χ1) is 10.8. The largest absolute Gasteiger partial charge is 0.378 e. The standard InChI is InChI=1S/C18H23N3O/c1-14-2-4-16-10-15(3-5-18(16)19-14)11-20-6-8-21(9-7-20)17-12-22-13-17/h2-5,10,17H,6-9,11-13H2,1H3. The van der Waals surface area contributed by atoms with Gasteiger partial charge in [-0.2, -0.15) is 0 Å². The van der Waals surface area contributed by atoms with Gasteiger partial charge in [-0.25, -0.2) is 0 Å². The zero-order valence-corrected chi connectivity index (χ0v) is 13.2. The lowest BCUT2D eigenvalue weighted by Gasteiger charge is -2.42. The summed E-state index contributed by atoms with van der Waals surface area (Å²) in [5, 5.41) is 1.24. The number of fused-ring (bicyclic) bond motifs is 1. The molecule has 4 heteroatoms. The summed E-state index contributed by atoms with van der Waals surface area (Å²) in [6, 6.07) is 11.6. The third-order valence-corrected chi connectivity index (χ3v) is 4.84. The summed E-state index contributed by atoms with van der Waals surface area (Å²) in [6.45, 7) is 9.58. The Bertz CT molecular complexity index is 660. The van der Waals surface area contributed by atoms with Crippen LogP contribution in [-0.2, 0) is 11.3 Å². The molecule has 1 aromatic heterocycles. The highest BCUT2D eigenvalue weighted by molar-refractivity contribution is 5.79. The lowest BCUT2D eigenvalue weighted by molar-refractivity contribution is -0.0774. The van der Waals surface area contributed by atoms with Crippen LogP contribution in [0.3, 0.4) is 0 Å². The molecule has 116 valence electrons. The second kappa shape index (κ2) is 5.95. The summed E-state index contributed by atoms with van der Waals surface area (Å²) < 4.78 is 5.30. The molecule has 2 aliphatic rings. The molecule has 0 N–H and O–H groups in total. The first kappa shape index (κ1) is 14.1. The van der Waals surface area contributed by atoms with Gasteiger partial charge < -0.3 is 4.74 Å². The average Bonchev–Trinajstić information content (AvgIpc) is 2.48. The number of nitrogens with zero attached hydrogens (tertiary/aromatic N) is 3. The molecule has 22 heavy (non-hydrogen) atoms. The van der Waals surface area contributed by atoms with Crippen molar-refractivity contribution in [3.8, 4) is 0 Å². The molecular formula is C18H23N3O. The molecule has 2 aromatic rings. The fourth-order valence-electron chi connectivity index (χ4n) is 3.35. The van der Waals surface area contributed by atoms with Gasteiger partial charge in [-0.3, -0.25) is 14.8 Å². The zero-order chi connectivity index (χ0) is 14.9. The van der Waals surface area contributed by atoms with Gasteiger partial charge in [0.2, 0.25) is 0 Å². The van der Waals surface area contributed by atoms with Crippen LogP contribution in [0, 0.1) is 6.92 Å². The van der Waals surface area contributed by atoms with E-state index >= 15 is 0 Å². The van der Waals surface area contributed by atoms with Gasteiger partial charge in [0.1, 0.15) is 0 Å². The Hall–Kier alpha value is -1.49. The van der Waals surface area contributed by atoms with Crippen LogP contribution in [0.2, 0.25) is 0 Å². The molecule has 0 saturated carbocycles. The molecule has 1 aromatic carbocycles. The summed E-state index contributed by atoms with van der Waals surface area (Å²) in [4.78, 5) is 9.71. The van der Waals surface area contributed by atoms with E-state index in [0.717, 1.165) is 44.1 Å². The van der Waals surface area contributed by atoms with Crippen molar-refractivity contribution in [1.82, 2.24) is 14.8 Å². The highest BCUT2D eigenvalue weighted by atomic mass is 16.5. The minimum absolute atomic E-state index is 0.678. The van der Waals surface area contributed by atoms with E-state index in [4.69, 9.17) is 4.74 Å². The van der Waals surface area contributed by atoms with Crippen LogP contribution in [-0.4, -0.2) is 60.2 Å². The van der Waals surface area contributed by atoms with E-state index in [9.17, 15) is 0 Å². The van der Waals surface area contributed by atoms with Crippen molar-refractivity contribution in [1.29, 1.82) is 0 Å². The van der Waals surface area contributed by atoms with E-state index in [1.165, 1.54) is 24.0 Å². The summed E-state index contributed by atoms with van der Waals surface area (Å²) in [7, 11) is 0. The molecular weight excluding hydrogens is 274 g/mol. The van der Waals surface area contributed by atoms with Gasteiger partial charge in [-0.15, -0.1) is 0 Å². The van der Waals surface area contributed by atoms with Crippen LogP contribution in [0.25, 0.3) is 10.9 Å². The Morgan fingerprint density at radius 1 is 1.09 bits per heavy atom. The summed E-state index contributed by atoms with van der Waals surface area (Å²) in [5.74, 6) is 0. The van der Waals surface area contributed by atoms with Crippen molar-refractivity contribution in [2.75, 3.05) is 39.4 Å². The lowest BCUT2D eigenvalue weighted by atomic mass is 10.1. The first-order valence-electron chi connectivity index (χ1n) is 8.18. The molecule has 0 radical (unpaired) electrons. The molecule has 2 saturated heterocycles. The van der Waals surface area contributed by atoms with Crippen LogP contribution < -0.4 is 0 Å². The molecule has 4 nitrogen and oxygen atoms in total. The monoisotopic (exact) mass is 297 g/mol. The maximum Gasteiger partial charge on any atom is 0.0705 e. The van der Waals surface area contributed by atoms with Crippen LogP contribution in [0.1, 0.15) is 11.3 Å². The van der Waals surface area contributed by atoms with Crippen molar-refractivity contribution < 1.29 is 4.74 Å². The zero-order valence-electron chi connectivity index (χ0n) is 13.2. The Kier molecular flexibility index (Phi) is 3.82. The first-order valence-corrected chi connectivity index (χ1v) is 8.18. The number of rotatable bonds is 3. The van der Waals surface area contributed by atoms with Crippen molar-refractivity contribution in [3.05, 3.63) is 41.6 Å². The predicted molar refractivity (Wildman–Crippen MR) is 87.9 cm³/mol. The highest BCUT2D eigenvalue weighted by Crippen LogP contribution is 2.18. The Morgan fingerprint density at radius 3 is 2.64 bits per heavy atom. The van der Waals surface area contributed by atoms with E-state index in [1.807, 2.05) is 6.92 Å². The number of hydrogen-bond donors (Lipinski definition) is 0. The van der Waals surface area contributed by atoms with E-state index in [1.54, 1.807) is 0 Å². The summed E-state index contributed by atoms with van der Waals surface area (Å²) in [6.07, 6.45) is 0. The maximum atomic E-state index is 5.30. The van der Waals surface area contributed by atoms with Crippen molar-refractivity contribution in [2.45, 2.75) is 19.5 Å². The van der Waals surface area contributed by atoms with Gasteiger partial charge in [0.05, 0.1) is 24.8 Å². The van der Waals surface area contributed by atoms with Crippen LogP contribution in [0.5, 0.6) is 0 Å². The number of ether oxygens (including phenoxy) is 1. The number of aromatic nitrogens is 1. The number of benzene rings is 1. The molecule has 0 bridgehead atoms. The van der Waals surface area contributed by atoms with Gasteiger partial charge in [0.25, 0.3) is 0 Å². The minimum atomic E-state index is 0.678. The van der Waals surface area contributed by atoms with E-state index in [2.05, 4.69) is 45.1 Å². The molecule has 3 heterocycles. The SMILES string of the molecule is Cc1ccc2cc(CN3CCN(C4COC4)CC3)ccc2n1. The topological polar surface area (TPSA) is 28.6 Å². The van der Waals surface area contributed by atoms with Crippen LogP contribution in [0.4, 0.5) is 0 Å². The Balaban J connectivity index is 1.40. The number of piperazine rings is 1. The fourth-order valence-corrected chi connectivity index (χ4v) is 3.35. The highest BCUT2D eigenvalue weighted by Gasteiger charge is 2.28. The molecule has 2 aliphatic heterocycles. The third-order valence-electron chi connectivity index (χ3n) is 4.84. The van der Waals surface area contributed by atoms with Gasteiger partial charge in [0, 0.05) is 43.8 Å². The molecule has 0 spiro atoms. The predicted octanol–water partition coefficient (Wildman–Crippen LogP) is 2.06. The number of pyridine rings is 1. The molecule has 0 aliphatic carbocycles. The summed E-state index contributed by atoms with van der Waals surface area (Å²) in [5.41, 5.74) is 3.56. The van der Waals surface area contributed by atoms with Gasteiger partial charge in [-0.1, -0.05) is 12.1 Å². The normalized spacial score (nSPS) is 21.1. The molecule has 4 rings (SSSR count). The summed E-state index contributed by atoms with van der Waals surface area (Å²) >= 11 is 0. The van der Waals surface area contributed by atoms with Crippen molar-refractivity contribution in [3.63, 3.8) is 0 Å². The van der Waals surface area contributed by atoms with E-state index in [0.29, 0.717) is 6.04 Å². The quantitative estimate of drug-likeness (QED) is 0.867. The minimum Gasteiger partial charge on any atom is -0.378 e. The molecule has 0 atom stereocenters. The fraction of sp³-hybridized carbons (Fsp3) is 0.500. The molecule has 2 fully saturated rings. The second-order valence-corrected chi connectivity index (χ2v) is 6.48. The lowest BCUT2D eigenvalue weighted by Crippen LogP contribution is -2.56. The molecule has 0 unspecified atom stereocenters. The van der Waals surface area contributed by atoms with E-state index in [-0.39, 0.29) is 0 Å². The van der Waals surface area contributed by atoms with Gasteiger partial charge in [0.15, 0.2) is 0 Å².